The van der Waals surface area contributed by atoms with E-state index >= 15 is 0 Å². The van der Waals surface area contributed by atoms with Gasteiger partial charge in [-0.3, -0.25) is 14.5 Å². The summed E-state index contributed by atoms with van der Waals surface area (Å²) in [5.74, 6) is -0.109. The van der Waals surface area contributed by atoms with E-state index in [1.54, 1.807) is 4.90 Å². The molecule has 2 aliphatic rings. The zero-order valence-electron chi connectivity index (χ0n) is 10.6. The Morgan fingerprint density at radius 3 is 2.63 bits per heavy atom. The summed E-state index contributed by atoms with van der Waals surface area (Å²) in [5, 5.41) is 9.37. The summed E-state index contributed by atoms with van der Waals surface area (Å²) in [5.41, 5.74) is 0.0113. The van der Waals surface area contributed by atoms with E-state index in [2.05, 4.69) is 20.4 Å². The second-order valence-electron chi connectivity index (χ2n) is 4.96. The SMILES string of the molecule is O=C(c1ccc(=O)[nH]n1)N1CC(N2CCNCC2)C1. The molecule has 3 rings (SSSR count). The fourth-order valence-electron chi connectivity index (χ4n) is 2.52. The maximum Gasteiger partial charge on any atom is 0.274 e. The Morgan fingerprint density at radius 1 is 1.26 bits per heavy atom. The first-order valence-corrected chi connectivity index (χ1v) is 6.54. The first-order valence-electron chi connectivity index (χ1n) is 6.54. The number of rotatable bonds is 2. The van der Waals surface area contributed by atoms with Crippen LogP contribution in [0.2, 0.25) is 0 Å². The number of nitrogens with zero attached hydrogens (tertiary/aromatic N) is 3. The highest BCUT2D eigenvalue weighted by Crippen LogP contribution is 2.17. The molecule has 2 N–H and O–H groups in total. The number of amides is 1. The third-order valence-electron chi connectivity index (χ3n) is 3.72. The lowest BCUT2D eigenvalue weighted by Crippen LogP contribution is -2.64. The molecule has 0 spiro atoms. The summed E-state index contributed by atoms with van der Waals surface area (Å²) in [6.45, 7) is 5.63. The van der Waals surface area contributed by atoms with Gasteiger partial charge in [-0.05, 0) is 6.07 Å². The number of aromatic amines is 1. The van der Waals surface area contributed by atoms with Gasteiger partial charge in [0.1, 0.15) is 5.69 Å². The molecule has 0 bridgehead atoms. The molecule has 2 fully saturated rings. The number of hydrogen-bond acceptors (Lipinski definition) is 5. The lowest BCUT2D eigenvalue weighted by molar-refractivity contribution is 0.0222. The summed E-state index contributed by atoms with van der Waals surface area (Å²) in [4.78, 5) is 27.2. The molecule has 102 valence electrons. The number of likely N-dealkylation sites (tertiary alicyclic amines) is 1. The van der Waals surface area contributed by atoms with Crippen molar-refractivity contribution in [2.24, 2.45) is 0 Å². The Hall–Kier alpha value is -1.73. The minimum Gasteiger partial charge on any atom is -0.334 e. The van der Waals surface area contributed by atoms with Crippen molar-refractivity contribution in [2.45, 2.75) is 6.04 Å². The van der Waals surface area contributed by atoms with Gasteiger partial charge in [0.2, 0.25) is 0 Å². The fraction of sp³-hybridized carbons (Fsp3) is 0.583. The number of H-pyrrole nitrogens is 1. The minimum absolute atomic E-state index is 0.109. The van der Waals surface area contributed by atoms with Crippen LogP contribution < -0.4 is 10.9 Å². The molecule has 1 aromatic heterocycles. The summed E-state index contributed by atoms with van der Waals surface area (Å²) in [7, 11) is 0. The number of piperazine rings is 1. The van der Waals surface area contributed by atoms with E-state index in [4.69, 9.17) is 0 Å². The van der Waals surface area contributed by atoms with Gasteiger partial charge in [-0.25, -0.2) is 5.10 Å². The summed E-state index contributed by atoms with van der Waals surface area (Å²) < 4.78 is 0. The van der Waals surface area contributed by atoms with Crippen molar-refractivity contribution in [3.05, 3.63) is 28.2 Å². The predicted octanol–water partition coefficient (Wildman–Crippen LogP) is -1.50. The van der Waals surface area contributed by atoms with Crippen molar-refractivity contribution < 1.29 is 4.79 Å². The van der Waals surface area contributed by atoms with Crippen LogP contribution in [0.15, 0.2) is 16.9 Å². The number of hydrogen-bond donors (Lipinski definition) is 2. The highest BCUT2D eigenvalue weighted by atomic mass is 16.2. The topological polar surface area (TPSA) is 81.3 Å². The van der Waals surface area contributed by atoms with Crippen molar-refractivity contribution in [1.29, 1.82) is 0 Å². The molecule has 0 radical (unpaired) electrons. The fourth-order valence-corrected chi connectivity index (χ4v) is 2.52. The first-order chi connectivity index (χ1) is 9.24. The number of carbonyl (C=O) groups is 1. The molecule has 2 aliphatic heterocycles. The summed E-state index contributed by atoms with van der Waals surface area (Å²) in [6.07, 6.45) is 0. The van der Waals surface area contributed by atoms with Crippen molar-refractivity contribution in [1.82, 2.24) is 25.3 Å². The Kier molecular flexibility index (Phi) is 3.31. The molecule has 0 atom stereocenters. The van der Waals surface area contributed by atoms with Gasteiger partial charge < -0.3 is 10.2 Å². The maximum absolute atomic E-state index is 12.1. The van der Waals surface area contributed by atoms with Crippen molar-refractivity contribution in [2.75, 3.05) is 39.3 Å². The molecule has 3 heterocycles. The van der Waals surface area contributed by atoms with Crippen LogP contribution in [0.3, 0.4) is 0 Å². The monoisotopic (exact) mass is 263 g/mol. The zero-order valence-corrected chi connectivity index (χ0v) is 10.6. The van der Waals surface area contributed by atoms with Crippen LogP contribution >= 0.6 is 0 Å². The lowest BCUT2D eigenvalue weighted by atomic mass is 10.1. The molecule has 0 saturated carbocycles. The third kappa shape index (κ3) is 2.52. The van der Waals surface area contributed by atoms with Gasteiger partial charge in [-0.2, -0.15) is 5.10 Å². The second kappa shape index (κ2) is 5.10. The smallest absolute Gasteiger partial charge is 0.274 e. The van der Waals surface area contributed by atoms with Crippen molar-refractivity contribution >= 4 is 5.91 Å². The van der Waals surface area contributed by atoms with Crippen LogP contribution in [0.25, 0.3) is 0 Å². The maximum atomic E-state index is 12.1. The Balaban J connectivity index is 1.56. The molecule has 1 amide bonds. The summed E-state index contributed by atoms with van der Waals surface area (Å²) in [6, 6.07) is 3.27. The molecular formula is C12H17N5O2. The van der Waals surface area contributed by atoms with E-state index in [-0.39, 0.29) is 11.5 Å². The summed E-state index contributed by atoms with van der Waals surface area (Å²) >= 11 is 0. The van der Waals surface area contributed by atoms with Crippen LogP contribution in [0.1, 0.15) is 10.5 Å². The van der Waals surface area contributed by atoms with Gasteiger partial charge in [0.15, 0.2) is 0 Å². The number of carbonyl (C=O) groups excluding carboxylic acids is 1. The largest absolute Gasteiger partial charge is 0.334 e. The first kappa shape index (κ1) is 12.3. The quantitative estimate of drug-likeness (QED) is 0.678. The van der Waals surface area contributed by atoms with Gasteiger partial charge >= 0.3 is 0 Å². The van der Waals surface area contributed by atoms with Crippen LogP contribution in [0.4, 0.5) is 0 Å². The normalized spacial score (nSPS) is 21.2. The van der Waals surface area contributed by atoms with Gasteiger partial charge in [0.25, 0.3) is 11.5 Å². The zero-order chi connectivity index (χ0) is 13.2. The van der Waals surface area contributed by atoms with Crippen molar-refractivity contribution in [3.8, 4) is 0 Å². The molecule has 0 aliphatic carbocycles. The molecule has 19 heavy (non-hydrogen) atoms. The average Bonchev–Trinajstić information content (AvgIpc) is 2.39. The number of nitrogens with one attached hydrogen (secondary N) is 2. The van der Waals surface area contributed by atoms with E-state index in [1.807, 2.05) is 0 Å². The van der Waals surface area contributed by atoms with Crippen LogP contribution in [0.5, 0.6) is 0 Å². The predicted molar refractivity (Wildman–Crippen MR) is 69.0 cm³/mol. The van der Waals surface area contributed by atoms with E-state index in [9.17, 15) is 9.59 Å². The van der Waals surface area contributed by atoms with E-state index in [0.29, 0.717) is 11.7 Å². The van der Waals surface area contributed by atoms with Gasteiger partial charge in [-0.15, -0.1) is 0 Å². The minimum atomic E-state index is -0.293. The second-order valence-corrected chi connectivity index (χ2v) is 4.96. The highest BCUT2D eigenvalue weighted by molar-refractivity contribution is 5.92. The average molecular weight is 263 g/mol. The van der Waals surface area contributed by atoms with E-state index in [1.165, 1.54) is 12.1 Å². The van der Waals surface area contributed by atoms with Gasteiger partial charge in [0, 0.05) is 51.4 Å². The Morgan fingerprint density at radius 2 is 2.00 bits per heavy atom. The van der Waals surface area contributed by atoms with E-state index < -0.39 is 0 Å². The molecule has 1 aromatic rings. The highest BCUT2D eigenvalue weighted by Gasteiger charge is 2.35. The third-order valence-corrected chi connectivity index (χ3v) is 3.72. The molecule has 7 nitrogen and oxygen atoms in total. The van der Waals surface area contributed by atoms with Crippen LogP contribution in [-0.2, 0) is 0 Å². The standard InChI is InChI=1S/C12H17N5O2/c18-11-2-1-10(14-15-11)12(19)17-7-9(8-17)16-5-3-13-4-6-16/h1-2,9,13H,3-8H2,(H,15,18). The molecule has 2 saturated heterocycles. The van der Waals surface area contributed by atoms with Gasteiger partial charge in [0.05, 0.1) is 0 Å². The van der Waals surface area contributed by atoms with E-state index in [0.717, 1.165) is 39.3 Å². The molecular weight excluding hydrogens is 246 g/mol. The molecule has 0 aromatic carbocycles. The van der Waals surface area contributed by atoms with Crippen LogP contribution in [-0.4, -0.2) is 71.2 Å². The Bertz CT molecular complexity index is 497. The van der Waals surface area contributed by atoms with Crippen molar-refractivity contribution in [3.63, 3.8) is 0 Å². The molecule has 0 unspecified atom stereocenters. The van der Waals surface area contributed by atoms with Crippen LogP contribution in [0, 0.1) is 0 Å². The molecule has 7 heteroatoms. The Labute approximate surface area is 110 Å². The number of aromatic nitrogens is 2. The van der Waals surface area contributed by atoms with Gasteiger partial charge in [-0.1, -0.05) is 0 Å². The lowest BCUT2D eigenvalue weighted by Gasteiger charge is -2.46.